The van der Waals surface area contributed by atoms with Gasteiger partial charge in [0.2, 0.25) is 5.91 Å². The van der Waals surface area contributed by atoms with Crippen LogP contribution >= 0.6 is 0 Å². The van der Waals surface area contributed by atoms with Crippen molar-refractivity contribution < 1.29 is 4.79 Å². The molecule has 1 aliphatic rings. The molecule has 4 N–H and O–H groups in total. The van der Waals surface area contributed by atoms with Crippen LogP contribution in [0, 0.1) is 0 Å². The van der Waals surface area contributed by atoms with Gasteiger partial charge in [-0.05, 0) is 55.3 Å². The first kappa shape index (κ1) is 16.6. The second-order valence-electron chi connectivity index (χ2n) is 6.96. The van der Waals surface area contributed by atoms with E-state index in [9.17, 15) is 4.79 Å². The lowest BCUT2D eigenvalue weighted by atomic mass is 10.0. The van der Waals surface area contributed by atoms with Gasteiger partial charge < -0.3 is 11.1 Å². The van der Waals surface area contributed by atoms with Gasteiger partial charge in [0.1, 0.15) is 0 Å². The molecule has 2 aromatic carbocycles. The molecule has 1 saturated heterocycles. The molecule has 4 rings (SSSR count). The van der Waals surface area contributed by atoms with Crippen molar-refractivity contribution in [2.75, 3.05) is 18.4 Å². The van der Waals surface area contributed by atoms with E-state index in [1.54, 1.807) is 6.07 Å². The number of carbonyl (C=O) groups is 1. The molecular formula is C20H23N5O. The summed E-state index contributed by atoms with van der Waals surface area (Å²) in [6.07, 6.45) is 4.15. The minimum absolute atomic E-state index is 0.375. The molecule has 0 radical (unpaired) electrons. The summed E-state index contributed by atoms with van der Waals surface area (Å²) in [6.45, 7) is 2.88. The number of benzene rings is 2. The second-order valence-corrected chi connectivity index (χ2v) is 6.96. The first-order chi connectivity index (χ1) is 12.7. The number of nitrogens with zero attached hydrogens (tertiary/aromatic N) is 2. The lowest BCUT2D eigenvalue weighted by molar-refractivity contribution is 0.1000. The Kier molecular flexibility index (Phi) is 4.58. The highest BCUT2D eigenvalue weighted by Gasteiger charge is 2.20. The summed E-state index contributed by atoms with van der Waals surface area (Å²) in [5.74, 6) is -0.375. The van der Waals surface area contributed by atoms with Gasteiger partial charge in [0.25, 0.3) is 0 Å². The average Bonchev–Trinajstić information content (AvgIpc) is 3.10. The zero-order chi connectivity index (χ0) is 17.9. The van der Waals surface area contributed by atoms with E-state index >= 15 is 0 Å². The Bertz CT molecular complexity index is 919. The van der Waals surface area contributed by atoms with Crippen LogP contribution in [0.5, 0.6) is 0 Å². The van der Waals surface area contributed by atoms with Crippen LogP contribution in [-0.2, 0) is 6.54 Å². The number of rotatable bonds is 5. The van der Waals surface area contributed by atoms with E-state index in [2.05, 4.69) is 44.7 Å². The Morgan fingerprint density at radius 1 is 1.31 bits per heavy atom. The van der Waals surface area contributed by atoms with Gasteiger partial charge in [-0.1, -0.05) is 12.1 Å². The molecule has 1 fully saturated rings. The highest BCUT2D eigenvalue weighted by molar-refractivity contribution is 5.92. The number of primary amides is 1. The lowest BCUT2D eigenvalue weighted by Gasteiger charge is -2.33. The van der Waals surface area contributed by atoms with Gasteiger partial charge in [0.05, 0.1) is 11.7 Å². The molecule has 6 nitrogen and oxygen atoms in total. The largest absolute Gasteiger partial charge is 0.381 e. The van der Waals surface area contributed by atoms with Crippen LogP contribution in [0.4, 0.5) is 5.69 Å². The summed E-state index contributed by atoms with van der Waals surface area (Å²) >= 11 is 0. The fraction of sp³-hybridized carbons (Fsp3) is 0.300. The topological polar surface area (TPSA) is 87.0 Å². The summed E-state index contributed by atoms with van der Waals surface area (Å²) in [4.78, 5) is 13.8. The molecular weight excluding hydrogens is 326 g/mol. The molecule has 0 bridgehead atoms. The van der Waals surface area contributed by atoms with Crippen LogP contribution in [0.2, 0.25) is 0 Å². The molecule has 0 spiro atoms. The number of likely N-dealkylation sites (tertiary alicyclic amines) is 1. The number of amides is 1. The van der Waals surface area contributed by atoms with Crippen LogP contribution in [0.3, 0.4) is 0 Å². The molecule has 1 amide bonds. The predicted molar refractivity (Wildman–Crippen MR) is 103 cm³/mol. The molecule has 1 aliphatic heterocycles. The average molecular weight is 349 g/mol. The van der Waals surface area contributed by atoms with Crippen molar-refractivity contribution in [1.29, 1.82) is 0 Å². The van der Waals surface area contributed by atoms with Crippen LogP contribution in [-0.4, -0.2) is 40.1 Å². The Labute approximate surface area is 152 Å². The van der Waals surface area contributed by atoms with E-state index in [1.807, 2.05) is 18.3 Å². The molecule has 0 aliphatic carbocycles. The van der Waals surface area contributed by atoms with Crippen molar-refractivity contribution >= 4 is 22.5 Å². The van der Waals surface area contributed by atoms with E-state index in [1.165, 1.54) is 0 Å². The minimum atomic E-state index is -0.375. The number of nitrogens with two attached hydrogens (primary N) is 1. The number of aromatic amines is 1. The molecule has 3 aromatic rings. The highest BCUT2D eigenvalue weighted by atomic mass is 16.1. The van der Waals surface area contributed by atoms with Crippen molar-refractivity contribution in [3.05, 3.63) is 59.8 Å². The zero-order valence-electron chi connectivity index (χ0n) is 14.6. The molecule has 0 unspecified atom stereocenters. The Hall–Kier alpha value is -2.86. The van der Waals surface area contributed by atoms with Gasteiger partial charge in [0.15, 0.2) is 0 Å². The number of aromatic nitrogens is 2. The third-order valence-electron chi connectivity index (χ3n) is 4.93. The van der Waals surface area contributed by atoms with Gasteiger partial charge in [-0.3, -0.25) is 14.8 Å². The van der Waals surface area contributed by atoms with E-state index in [0.29, 0.717) is 11.6 Å². The molecule has 134 valence electrons. The Morgan fingerprint density at radius 3 is 3.12 bits per heavy atom. The van der Waals surface area contributed by atoms with Crippen molar-refractivity contribution in [2.45, 2.75) is 25.4 Å². The third kappa shape index (κ3) is 3.70. The van der Waals surface area contributed by atoms with Crippen molar-refractivity contribution in [3.63, 3.8) is 0 Å². The van der Waals surface area contributed by atoms with Gasteiger partial charge >= 0.3 is 0 Å². The number of piperidine rings is 1. The standard InChI is InChI=1S/C20H23N5O/c21-20(26)15-4-1-3-14(9-15)12-25-8-2-5-18(13-25)23-17-6-7-19-16(10-17)11-22-24-19/h1,3-4,6-7,9-11,18,23H,2,5,8,12-13H2,(H2,21,26)(H,22,24)/t18-/m1/s1. The number of anilines is 1. The molecule has 0 saturated carbocycles. The lowest BCUT2D eigenvalue weighted by Crippen LogP contribution is -2.41. The molecule has 26 heavy (non-hydrogen) atoms. The van der Waals surface area contributed by atoms with Crippen molar-refractivity contribution in [2.24, 2.45) is 5.73 Å². The Morgan fingerprint density at radius 2 is 2.23 bits per heavy atom. The monoisotopic (exact) mass is 349 g/mol. The number of nitrogens with one attached hydrogen (secondary N) is 2. The van der Waals surface area contributed by atoms with E-state index in [-0.39, 0.29) is 5.91 Å². The first-order valence-electron chi connectivity index (χ1n) is 8.98. The third-order valence-corrected chi connectivity index (χ3v) is 4.93. The summed E-state index contributed by atoms with van der Waals surface area (Å²) in [7, 11) is 0. The van der Waals surface area contributed by atoms with Crippen LogP contribution < -0.4 is 11.1 Å². The summed E-state index contributed by atoms with van der Waals surface area (Å²) in [5.41, 5.74) is 9.26. The number of H-pyrrole nitrogens is 1. The van der Waals surface area contributed by atoms with E-state index in [4.69, 9.17) is 5.73 Å². The summed E-state index contributed by atoms with van der Waals surface area (Å²) in [5, 5.41) is 11.8. The smallest absolute Gasteiger partial charge is 0.248 e. The van der Waals surface area contributed by atoms with Crippen molar-refractivity contribution in [1.82, 2.24) is 15.1 Å². The van der Waals surface area contributed by atoms with E-state index < -0.39 is 0 Å². The summed E-state index contributed by atoms with van der Waals surface area (Å²) in [6, 6.07) is 14.3. The zero-order valence-corrected chi connectivity index (χ0v) is 14.6. The van der Waals surface area contributed by atoms with E-state index in [0.717, 1.165) is 54.6 Å². The Balaban J connectivity index is 1.40. The second kappa shape index (κ2) is 7.17. The van der Waals surface area contributed by atoms with Gasteiger partial charge in [-0.2, -0.15) is 5.10 Å². The highest BCUT2D eigenvalue weighted by Crippen LogP contribution is 2.21. The quantitative estimate of drug-likeness (QED) is 0.661. The number of carbonyl (C=O) groups excluding carboxylic acids is 1. The number of hydrogen-bond acceptors (Lipinski definition) is 4. The first-order valence-corrected chi connectivity index (χ1v) is 8.98. The normalized spacial score (nSPS) is 18.1. The van der Waals surface area contributed by atoms with Crippen molar-refractivity contribution in [3.8, 4) is 0 Å². The number of hydrogen-bond donors (Lipinski definition) is 3. The summed E-state index contributed by atoms with van der Waals surface area (Å²) < 4.78 is 0. The fourth-order valence-electron chi connectivity index (χ4n) is 3.67. The maximum Gasteiger partial charge on any atom is 0.248 e. The number of fused-ring (bicyclic) bond motifs is 1. The fourth-order valence-corrected chi connectivity index (χ4v) is 3.67. The van der Waals surface area contributed by atoms with Gasteiger partial charge in [-0.15, -0.1) is 0 Å². The van der Waals surface area contributed by atoms with Gasteiger partial charge in [-0.25, -0.2) is 0 Å². The molecule has 1 atom stereocenters. The van der Waals surface area contributed by atoms with Gasteiger partial charge in [0, 0.05) is 35.8 Å². The maximum atomic E-state index is 11.4. The van der Waals surface area contributed by atoms with Crippen LogP contribution in [0.25, 0.3) is 10.9 Å². The molecule has 6 heteroatoms. The molecule has 2 heterocycles. The minimum Gasteiger partial charge on any atom is -0.381 e. The molecule has 1 aromatic heterocycles. The SMILES string of the molecule is NC(=O)c1cccc(CN2CCC[C@@H](Nc3ccc4[nH]ncc4c3)C2)c1. The predicted octanol–water partition coefficient (Wildman–Crippen LogP) is 2.74. The van der Waals surface area contributed by atoms with Crippen LogP contribution in [0.15, 0.2) is 48.7 Å². The van der Waals surface area contributed by atoms with Crippen LogP contribution in [0.1, 0.15) is 28.8 Å². The maximum absolute atomic E-state index is 11.4.